The van der Waals surface area contributed by atoms with E-state index >= 15 is 0 Å². The number of benzene rings is 3. The zero-order valence-electron chi connectivity index (χ0n) is 16.2. The van der Waals surface area contributed by atoms with Crippen molar-refractivity contribution in [3.8, 4) is 5.75 Å². The maximum absolute atomic E-state index is 12.4. The molecule has 3 rings (SSSR count). The number of rotatable bonds is 9. The van der Waals surface area contributed by atoms with Crippen molar-refractivity contribution in [2.45, 2.75) is 18.9 Å². The second-order valence-corrected chi connectivity index (χ2v) is 6.72. The molecule has 0 heterocycles. The van der Waals surface area contributed by atoms with Crippen molar-refractivity contribution in [3.05, 3.63) is 72.3 Å². The molecule has 3 N–H and O–H groups in total. The summed E-state index contributed by atoms with van der Waals surface area (Å²) in [6.07, 6.45) is 0.500. The van der Waals surface area contributed by atoms with Gasteiger partial charge in [0.1, 0.15) is 11.8 Å². The van der Waals surface area contributed by atoms with Gasteiger partial charge in [0, 0.05) is 11.1 Å². The number of hydrogen-bond donors (Lipinski definition) is 3. The number of methoxy groups -OCH3 is 1. The number of fused-ring (bicyclic) bond motifs is 1. The van der Waals surface area contributed by atoms with Gasteiger partial charge in [-0.2, -0.15) is 0 Å². The third-order valence-electron chi connectivity index (χ3n) is 4.71. The molecule has 0 aliphatic heterocycles. The number of ether oxygens (including phenoxy) is 1. The number of carboxylic acid groups (broad SMARTS) is 1. The highest BCUT2D eigenvalue weighted by Crippen LogP contribution is 2.23. The summed E-state index contributed by atoms with van der Waals surface area (Å²) >= 11 is 0. The summed E-state index contributed by atoms with van der Waals surface area (Å²) in [4.78, 5) is 24.0. The molecular formula is C23H24N2O4. The van der Waals surface area contributed by atoms with Gasteiger partial charge in [0.25, 0.3) is 0 Å². The molecular weight excluding hydrogens is 368 g/mol. The van der Waals surface area contributed by atoms with E-state index in [9.17, 15) is 14.7 Å². The zero-order valence-corrected chi connectivity index (χ0v) is 16.2. The Kier molecular flexibility index (Phi) is 6.81. The minimum Gasteiger partial charge on any atom is -0.497 e. The van der Waals surface area contributed by atoms with Gasteiger partial charge >= 0.3 is 5.97 Å². The van der Waals surface area contributed by atoms with Gasteiger partial charge in [-0.05, 0) is 42.1 Å². The van der Waals surface area contributed by atoms with E-state index in [1.165, 1.54) is 0 Å². The Morgan fingerprint density at radius 3 is 2.45 bits per heavy atom. The predicted octanol–water partition coefficient (Wildman–Crippen LogP) is 3.46. The van der Waals surface area contributed by atoms with E-state index in [0.29, 0.717) is 18.7 Å². The Bertz CT molecular complexity index is 980. The van der Waals surface area contributed by atoms with Crippen LogP contribution in [0.4, 0.5) is 5.69 Å². The van der Waals surface area contributed by atoms with E-state index in [-0.39, 0.29) is 12.3 Å². The molecule has 0 aliphatic rings. The summed E-state index contributed by atoms with van der Waals surface area (Å²) in [6, 6.07) is 20.0. The first kappa shape index (κ1) is 20.4. The second kappa shape index (κ2) is 9.71. The minimum absolute atomic E-state index is 0.152. The lowest BCUT2D eigenvalue weighted by molar-refractivity contribution is -0.141. The molecule has 0 aromatic heterocycles. The maximum Gasteiger partial charge on any atom is 0.321 e. The number of anilines is 1. The van der Waals surface area contributed by atoms with Gasteiger partial charge < -0.3 is 20.5 Å². The van der Waals surface area contributed by atoms with Gasteiger partial charge in [-0.3, -0.25) is 9.59 Å². The summed E-state index contributed by atoms with van der Waals surface area (Å²) in [5, 5.41) is 17.2. The molecule has 0 saturated carbocycles. The SMILES string of the molecule is COc1ccc(CCN[C@H](CC(=O)Nc2cccc3ccccc23)C(=O)O)cc1. The van der Waals surface area contributed by atoms with E-state index in [1.807, 2.05) is 66.7 Å². The molecule has 0 bridgehead atoms. The van der Waals surface area contributed by atoms with Crippen molar-refractivity contribution in [1.82, 2.24) is 5.32 Å². The van der Waals surface area contributed by atoms with Crippen LogP contribution >= 0.6 is 0 Å². The quantitative estimate of drug-likeness (QED) is 0.519. The second-order valence-electron chi connectivity index (χ2n) is 6.72. The van der Waals surface area contributed by atoms with Crippen LogP contribution < -0.4 is 15.4 Å². The number of hydrogen-bond acceptors (Lipinski definition) is 4. The summed E-state index contributed by atoms with van der Waals surface area (Å²) in [7, 11) is 1.61. The van der Waals surface area contributed by atoms with Crippen LogP contribution in [0.5, 0.6) is 5.75 Å². The Hall–Kier alpha value is -3.38. The normalized spacial score (nSPS) is 11.8. The lowest BCUT2D eigenvalue weighted by Gasteiger charge is -2.15. The molecule has 6 heteroatoms. The first-order chi connectivity index (χ1) is 14.1. The van der Waals surface area contributed by atoms with Crippen LogP contribution in [-0.4, -0.2) is 36.7 Å². The topological polar surface area (TPSA) is 87.7 Å². The molecule has 6 nitrogen and oxygen atoms in total. The number of amides is 1. The van der Waals surface area contributed by atoms with Gasteiger partial charge in [0.15, 0.2) is 0 Å². The van der Waals surface area contributed by atoms with E-state index in [4.69, 9.17) is 4.74 Å². The molecule has 0 unspecified atom stereocenters. The van der Waals surface area contributed by atoms with Crippen LogP contribution in [0, 0.1) is 0 Å². The molecule has 150 valence electrons. The predicted molar refractivity (Wildman–Crippen MR) is 113 cm³/mol. The Labute approximate surface area is 169 Å². The molecule has 3 aromatic rings. The minimum atomic E-state index is -1.05. The van der Waals surface area contributed by atoms with Crippen LogP contribution in [-0.2, 0) is 16.0 Å². The number of aliphatic carboxylic acids is 1. The largest absolute Gasteiger partial charge is 0.497 e. The highest BCUT2D eigenvalue weighted by atomic mass is 16.5. The van der Waals surface area contributed by atoms with E-state index in [0.717, 1.165) is 22.1 Å². The van der Waals surface area contributed by atoms with E-state index < -0.39 is 12.0 Å². The number of carbonyl (C=O) groups is 2. The average molecular weight is 392 g/mol. The summed E-state index contributed by atoms with van der Waals surface area (Å²) in [5.74, 6) is -0.617. The van der Waals surface area contributed by atoms with Crippen molar-refractivity contribution in [3.63, 3.8) is 0 Å². The van der Waals surface area contributed by atoms with Crippen molar-refractivity contribution in [2.24, 2.45) is 0 Å². The smallest absolute Gasteiger partial charge is 0.321 e. The molecule has 0 fully saturated rings. The van der Waals surface area contributed by atoms with Crippen LogP contribution in [0.1, 0.15) is 12.0 Å². The van der Waals surface area contributed by atoms with Gasteiger partial charge in [-0.1, -0.05) is 48.5 Å². The lowest BCUT2D eigenvalue weighted by Crippen LogP contribution is -2.40. The van der Waals surface area contributed by atoms with Gasteiger partial charge in [0.05, 0.1) is 13.5 Å². The molecule has 1 atom stereocenters. The van der Waals surface area contributed by atoms with Gasteiger partial charge in [0.2, 0.25) is 5.91 Å². The Morgan fingerprint density at radius 1 is 1.00 bits per heavy atom. The summed E-state index contributed by atoms with van der Waals surface area (Å²) in [5.41, 5.74) is 1.73. The highest BCUT2D eigenvalue weighted by molar-refractivity contribution is 6.03. The zero-order chi connectivity index (χ0) is 20.6. The van der Waals surface area contributed by atoms with E-state index in [2.05, 4.69) is 10.6 Å². The Morgan fingerprint density at radius 2 is 1.72 bits per heavy atom. The van der Waals surface area contributed by atoms with Crippen LogP contribution in [0.3, 0.4) is 0 Å². The van der Waals surface area contributed by atoms with Crippen LogP contribution in [0.25, 0.3) is 10.8 Å². The monoisotopic (exact) mass is 392 g/mol. The molecule has 0 spiro atoms. The fraction of sp³-hybridized carbons (Fsp3) is 0.217. The Balaban J connectivity index is 1.56. The maximum atomic E-state index is 12.4. The first-order valence-electron chi connectivity index (χ1n) is 9.43. The molecule has 0 radical (unpaired) electrons. The molecule has 29 heavy (non-hydrogen) atoms. The van der Waals surface area contributed by atoms with Gasteiger partial charge in [-0.25, -0.2) is 0 Å². The average Bonchev–Trinajstić information content (AvgIpc) is 2.73. The number of nitrogens with one attached hydrogen (secondary N) is 2. The van der Waals surface area contributed by atoms with Crippen molar-refractivity contribution >= 4 is 28.3 Å². The molecule has 3 aromatic carbocycles. The lowest BCUT2D eigenvalue weighted by atomic mass is 10.1. The summed E-state index contributed by atoms with van der Waals surface area (Å²) < 4.78 is 5.12. The van der Waals surface area contributed by atoms with E-state index in [1.54, 1.807) is 7.11 Å². The standard InChI is InChI=1S/C23H24N2O4/c1-29-18-11-9-16(10-12-18)13-14-24-21(23(27)28)15-22(26)25-20-8-4-6-17-5-2-3-7-19(17)20/h2-12,21,24H,13-15H2,1H3,(H,25,26)(H,27,28)/t21-/m1/s1. The number of carbonyl (C=O) groups excluding carboxylic acids is 1. The third-order valence-corrected chi connectivity index (χ3v) is 4.71. The van der Waals surface area contributed by atoms with Crippen molar-refractivity contribution < 1.29 is 19.4 Å². The fourth-order valence-corrected chi connectivity index (χ4v) is 3.15. The van der Waals surface area contributed by atoms with Crippen LogP contribution in [0.15, 0.2) is 66.7 Å². The summed E-state index contributed by atoms with van der Waals surface area (Å²) in [6.45, 7) is 0.449. The van der Waals surface area contributed by atoms with Gasteiger partial charge in [-0.15, -0.1) is 0 Å². The van der Waals surface area contributed by atoms with Crippen molar-refractivity contribution in [2.75, 3.05) is 19.0 Å². The third kappa shape index (κ3) is 5.56. The van der Waals surface area contributed by atoms with Crippen LogP contribution in [0.2, 0.25) is 0 Å². The number of carboxylic acids is 1. The fourth-order valence-electron chi connectivity index (χ4n) is 3.15. The molecule has 0 aliphatic carbocycles. The molecule has 0 saturated heterocycles. The first-order valence-corrected chi connectivity index (χ1v) is 9.43. The highest BCUT2D eigenvalue weighted by Gasteiger charge is 2.21. The molecule has 1 amide bonds. The van der Waals surface area contributed by atoms with Crippen molar-refractivity contribution in [1.29, 1.82) is 0 Å².